The Hall–Kier alpha value is -3.18. The number of rotatable bonds is 12. The normalized spacial score (nSPS) is 24.0. The van der Waals surface area contributed by atoms with Crippen LogP contribution in [0.15, 0.2) is 0 Å². The molecular formula is C35H54O12. The molecule has 4 rings (SSSR count). The lowest BCUT2D eigenvalue weighted by atomic mass is 9.79. The monoisotopic (exact) mass is 666 g/mol. The Balaban J connectivity index is 0.000000256. The number of esters is 6. The minimum Gasteiger partial charge on any atom is -0.458 e. The summed E-state index contributed by atoms with van der Waals surface area (Å²) in [6, 6.07) is 0. The Bertz CT molecular complexity index is 1120. The van der Waals surface area contributed by atoms with Crippen molar-refractivity contribution < 1.29 is 57.2 Å². The van der Waals surface area contributed by atoms with Crippen molar-refractivity contribution in [1.82, 2.24) is 0 Å². The fourth-order valence-electron chi connectivity index (χ4n) is 6.49. The Morgan fingerprint density at radius 3 is 1.53 bits per heavy atom. The second-order valence-corrected chi connectivity index (χ2v) is 14.0. The molecule has 0 radical (unpaired) electrons. The van der Waals surface area contributed by atoms with E-state index in [1.807, 2.05) is 13.8 Å². The molecule has 0 aromatic heterocycles. The van der Waals surface area contributed by atoms with Gasteiger partial charge in [0.05, 0.1) is 11.3 Å². The van der Waals surface area contributed by atoms with Crippen LogP contribution in [0.4, 0.5) is 0 Å². The highest BCUT2D eigenvalue weighted by molar-refractivity contribution is 5.80. The van der Waals surface area contributed by atoms with Gasteiger partial charge in [0, 0.05) is 12.8 Å². The van der Waals surface area contributed by atoms with Crippen molar-refractivity contribution in [2.45, 2.75) is 161 Å². The smallest absolute Gasteiger partial charge is 0.344 e. The number of hydrogen-bond acceptors (Lipinski definition) is 12. The lowest BCUT2D eigenvalue weighted by molar-refractivity contribution is -0.191. The van der Waals surface area contributed by atoms with E-state index in [1.165, 1.54) is 0 Å². The summed E-state index contributed by atoms with van der Waals surface area (Å²) in [5, 5.41) is 0. The van der Waals surface area contributed by atoms with Gasteiger partial charge in [-0.25, -0.2) is 9.59 Å². The van der Waals surface area contributed by atoms with Gasteiger partial charge in [-0.15, -0.1) is 0 Å². The van der Waals surface area contributed by atoms with E-state index in [2.05, 4.69) is 0 Å². The van der Waals surface area contributed by atoms with E-state index in [0.717, 1.165) is 38.5 Å². The molecule has 3 unspecified atom stereocenters. The highest BCUT2D eigenvalue weighted by atomic mass is 16.6. The first-order valence-electron chi connectivity index (χ1n) is 17.4. The predicted molar refractivity (Wildman–Crippen MR) is 167 cm³/mol. The highest BCUT2D eigenvalue weighted by Gasteiger charge is 2.49. The maximum atomic E-state index is 12.2. The van der Waals surface area contributed by atoms with Crippen molar-refractivity contribution >= 4 is 35.8 Å². The fraction of sp³-hybridized carbons (Fsp3) is 0.829. The van der Waals surface area contributed by atoms with Crippen molar-refractivity contribution in [3.05, 3.63) is 0 Å². The predicted octanol–water partition coefficient (Wildman–Crippen LogP) is 5.44. The fourth-order valence-corrected chi connectivity index (χ4v) is 6.49. The molecule has 0 bridgehead atoms. The number of carbonyl (C=O) groups excluding carboxylic acids is 6. The highest BCUT2D eigenvalue weighted by Crippen LogP contribution is 2.41. The number of cyclic esters (lactones) is 2. The second kappa shape index (κ2) is 17.3. The first-order valence-corrected chi connectivity index (χ1v) is 17.4. The van der Waals surface area contributed by atoms with E-state index in [4.69, 9.17) is 28.4 Å². The minimum absolute atomic E-state index is 0.234. The molecule has 47 heavy (non-hydrogen) atoms. The molecule has 4 aliphatic rings. The van der Waals surface area contributed by atoms with Crippen LogP contribution in [-0.2, 0) is 57.2 Å². The molecular weight excluding hydrogens is 612 g/mol. The topological polar surface area (TPSA) is 158 Å². The van der Waals surface area contributed by atoms with Crippen LogP contribution in [0.25, 0.3) is 0 Å². The number of ether oxygens (including phenoxy) is 6. The van der Waals surface area contributed by atoms with Gasteiger partial charge in [0.2, 0.25) is 0 Å². The van der Waals surface area contributed by atoms with E-state index >= 15 is 0 Å². The summed E-state index contributed by atoms with van der Waals surface area (Å²) in [5.74, 6) is -2.65. The van der Waals surface area contributed by atoms with Crippen molar-refractivity contribution in [1.29, 1.82) is 0 Å². The maximum Gasteiger partial charge on any atom is 0.344 e. The largest absolute Gasteiger partial charge is 0.458 e. The molecule has 2 heterocycles. The van der Waals surface area contributed by atoms with Gasteiger partial charge < -0.3 is 28.4 Å². The number of carbonyl (C=O) groups is 6. The van der Waals surface area contributed by atoms with Crippen LogP contribution in [0.2, 0.25) is 0 Å². The third-order valence-corrected chi connectivity index (χ3v) is 10.1. The zero-order valence-corrected chi connectivity index (χ0v) is 28.9. The molecule has 3 atom stereocenters. The molecule has 0 aromatic carbocycles. The van der Waals surface area contributed by atoms with Gasteiger partial charge in [0.25, 0.3) is 0 Å². The van der Waals surface area contributed by atoms with Crippen LogP contribution in [0, 0.1) is 11.3 Å². The summed E-state index contributed by atoms with van der Waals surface area (Å²) in [6.07, 6.45) is 11.1. The van der Waals surface area contributed by atoms with Gasteiger partial charge in [-0.2, -0.15) is 0 Å². The molecule has 2 saturated heterocycles. The molecule has 12 heteroatoms. The van der Waals surface area contributed by atoms with Gasteiger partial charge in [-0.1, -0.05) is 33.6 Å². The summed E-state index contributed by atoms with van der Waals surface area (Å²) in [7, 11) is 0. The van der Waals surface area contributed by atoms with Gasteiger partial charge >= 0.3 is 35.8 Å². The molecule has 12 nitrogen and oxygen atoms in total. The maximum absolute atomic E-state index is 12.2. The van der Waals surface area contributed by atoms with E-state index < -0.39 is 47.1 Å². The third-order valence-electron chi connectivity index (χ3n) is 10.1. The summed E-state index contributed by atoms with van der Waals surface area (Å²) in [6.45, 7) is 8.31. The van der Waals surface area contributed by atoms with Crippen LogP contribution in [-0.4, -0.2) is 72.4 Å². The van der Waals surface area contributed by atoms with E-state index in [9.17, 15) is 28.8 Å². The van der Waals surface area contributed by atoms with Gasteiger partial charge in [-0.3, -0.25) is 19.2 Å². The van der Waals surface area contributed by atoms with Gasteiger partial charge in [0.1, 0.15) is 23.4 Å². The third kappa shape index (κ3) is 10.7. The van der Waals surface area contributed by atoms with Crippen LogP contribution >= 0.6 is 0 Å². The molecule has 2 saturated carbocycles. The second-order valence-electron chi connectivity index (χ2n) is 14.0. The van der Waals surface area contributed by atoms with E-state index in [-0.39, 0.29) is 36.7 Å². The molecule has 0 amide bonds. The number of hydrogen-bond donors (Lipinski definition) is 0. The van der Waals surface area contributed by atoms with Crippen LogP contribution in [0.3, 0.4) is 0 Å². The first-order chi connectivity index (χ1) is 22.3. The molecule has 0 aromatic rings. The standard InChI is InChI=1S/C18H28O6.C17H26O6/c1-4-17(2,3)16(21)22-12-15(20)24-18(10-6-5-7-11-18)13-8-9-14(19)23-13;1-3-12(2)16(20)21-11-15(19)23-17(9-5-4-6-10-17)13-7-8-14(18)22-13/h13H,4-12H2,1-3H3;12-13H,3-11H2,1-2H3. The van der Waals surface area contributed by atoms with Crippen molar-refractivity contribution in [3.63, 3.8) is 0 Å². The average molecular weight is 667 g/mol. The molecule has 0 N–H and O–H groups in total. The first kappa shape index (κ1) is 38.3. The molecule has 2 aliphatic heterocycles. The summed E-state index contributed by atoms with van der Waals surface area (Å²) < 4.78 is 32.3. The molecule has 0 spiro atoms. The SMILES string of the molecule is CCC(C)(C)C(=O)OCC(=O)OC1(C2CCC(=O)O2)CCCCC1.CCC(C)C(=O)OCC(=O)OC1(C2CCC(=O)O2)CCCCC1. The van der Waals surface area contributed by atoms with Crippen molar-refractivity contribution in [2.75, 3.05) is 13.2 Å². The van der Waals surface area contributed by atoms with E-state index in [1.54, 1.807) is 20.8 Å². The quantitative estimate of drug-likeness (QED) is 0.192. The Kier molecular flexibility index (Phi) is 14.1. The zero-order valence-electron chi connectivity index (χ0n) is 28.9. The van der Waals surface area contributed by atoms with Crippen molar-refractivity contribution in [2.24, 2.45) is 11.3 Å². The lowest BCUT2D eigenvalue weighted by Crippen LogP contribution is -2.48. The van der Waals surface area contributed by atoms with Gasteiger partial charge in [-0.05, 0) is 90.9 Å². The van der Waals surface area contributed by atoms with Crippen molar-refractivity contribution in [3.8, 4) is 0 Å². The minimum atomic E-state index is -0.756. The Morgan fingerprint density at radius 2 is 1.17 bits per heavy atom. The lowest BCUT2D eigenvalue weighted by Gasteiger charge is -2.40. The molecule has 4 fully saturated rings. The molecule has 2 aliphatic carbocycles. The average Bonchev–Trinajstić information content (AvgIpc) is 3.72. The van der Waals surface area contributed by atoms with Crippen LogP contribution in [0.1, 0.15) is 137 Å². The van der Waals surface area contributed by atoms with E-state index in [0.29, 0.717) is 64.2 Å². The summed E-state index contributed by atoms with van der Waals surface area (Å²) in [4.78, 5) is 70.9. The molecule has 266 valence electrons. The van der Waals surface area contributed by atoms with Gasteiger partial charge in [0.15, 0.2) is 13.2 Å². The Morgan fingerprint density at radius 1 is 0.745 bits per heavy atom. The summed E-state index contributed by atoms with van der Waals surface area (Å²) in [5.41, 5.74) is -2.12. The van der Waals surface area contributed by atoms with Crippen LogP contribution in [0.5, 0.6) is 0 Å². The summed E-state index contributed by atoms with van der Waals surface area (Å²) >= 11 is 0. The van der Waals surface area contributed by atoms with Crippen LogP contribution < -0.4 is 0 Å². The zero-order chi connectivity index (χ0) is 34.7. The Labute approximate surface area is 278 Å².